The Bertz CT molecular complexity index is 326. The highest BCUT2D eigenvalue weighted by Gasteiger charge is 2.11. The van der Waals surface area contributed by atoms with Gasteiger partial charge in [0.05, 0.1) is 5.69 Å². The van der Waals surface area contributed by atoms with Crippen molar-refractivity contribution in [3.05, 3.63) is 30.3 Å². The molecule has 1 aliphatic carbocycles. The van der Waals surface area contributed by atoms with Crippen LogP contribution in [-0.2, 0) is 0 Å². The quantitative estimate of drug-likeness (QED) is 0.586. The molecule has 1 aromatic rings. The second-order valence-corrected chi connectivity index (χ2v) is 4.87. The molecule has 0 unspecified atom stereocenters. The fourth-order valence-electron chi connectivity index (χ4n) is 2.48. The summed E-state index contributed by atoms with van der Waals surface area (Å²) in [5.74, 6) is 0.951. The van der Waals surface area contributed by atoms with E-state index in [0.717, 1.165) is 18.0 Å². The third-order valence-electron chi connectivity index (χ3n) is 3.49. The van der Waals surface area contributed by atoms with Crippen LogP contribution in [0.1, 0.15) is 44.9 Å². The van der Waals surface area contributed by atoms with Crippen LogP contribution in [0.3, 0.4) is 0 Å². The molecule has 0 aromatic heterocycles. The van der Waals surface area contributed by atoms with Crippen LogP contribution in [0.2, 0.25) is 0 Å². The molecule has 92 valence electrons. The van der Waals surface area contributed by atoms with E-state index in [1.54, 1.807) is 0 Å². The summed E-state index contributed by atoms with van der Waals surface area (Å²) in [6, 6.07) is 10.1. The molecule has 0 heterocycles. The zero-order valence-corrected chi connectivity index (χ0v) is 10.4. The molecule has 1 fully saturated rings. The third-order valence-corrected chi connectivity index (χ3v) is 3.49. The number of benzene rings is 1. The number of nitrogens with zero attached hydrogens (tertiary/aromatic N) is 1. The van der Waals surface area contributed by atoms with Crippen molar-refractivity contribution in [3.63, 3.8) is 0 Å². The molecule has 1 N–H and O–H groups in total. The lowest BCUT2D eigenvalue weighted by atomic mass is 9.86. The first-order chi connectivity index (χ1) is 8.45. The fraction of sp³-hybridized carbons (Fsp3) is 0.533. The van der Waals surface area contributed by atoms with Gasteiger partial charge in [-0.15, -0.1) is 0 Å². The van der Waals surface area contributed by atoms with E-state index >= 15 is 0 Å². The van der Waals surface area contributed by atoms with Gasteiger partial charge in [-0.3, -0.25) is 5.43 Å². The standard InChI is InChI=1S/C15H22N2/c1-3-8-14(9-4-1)10-7-13-16-17-15-11-5-2-6-12-15/h2,5-6,11-14,17H,1,3-4,7-10H2/b16-13+. The predicted molar refractivity (Wildman–Crippen MR) is 74.4 cm³/mol. The molecule has 0 bridgehead atoms. The second-order valence-electron chi connectivity index (χ2n) is 4.87. The Morgan fingerprint density at radius 3 is 2.65 bits per heavy atom. The van der Waals surface area contributed by atoms with E-state index in [1.165, 1.54) is 38.5 Å². The van der Waals surface area contributed by atoms with Crippen molar-refractivity contribution in [1.82, 2.24) is 0 Å². The SMILES string of the molecule is C(/CCC1CCCCC1)=N\Nc1ccccc1. The van der Waals surface area contributed by atoms with Gasteiger partial charge in [-0.2, -0.15) is 5.10 Å². The average molecular weight is 230 g/mol. The van der Waals surface area contributed by atoms with Gasteiger partial charge >= 0.3 is 0 Å². The molecule has 0 spiro atoms. The summed E-state index contributed by atoms with van der Waals surface area (Å²) in [4.78, 5) is 0. The van der Waals surface area contributed by atoms with Gasteiger partial charge in [0.2, 0.25) is 0 Å². The topological polar surface area (TPSA) is 24.4 Å². The monoisotopic (exact) mass is 230 g/mol. The number of hydrogen-bond acceptors (Lipinski definition) is 2. The Morgan fingerprint density at radius 2 is 1.88 bits per heavy atom. The van der Waals surface area contributed by atoms with E-state index in [1.807, 2.05) is 36.5 Å². The first kappa shape index (κ1) is 12.2. The highest BCUT2D eigenvalue weighted by atomic mass is 15.3. The van der Waals surface area contributed by atoms with Gasteiger partial charge in [-0.25, -0.2) is 0 Å². The molecule has 1 saturated carbocycles. The minimum absolute atomic E-state index is 0.951. The molecule has 0 amide bonds. The maximum atomic E-state index is 4.25. The van der Waals surface area contributed by atoms with Crippen molar-refractivity contribution in [2.75, 3.05) is 5.43 Å². The largest absolute Gasteiger partial charge is 0.279 e. The molecule has 2 rings (SSSR count). The first-order valence-electron chi connectivity index (χ1n) is 6.78. The lowest BCUT2D eigenvalue weighted by molar-refractivity contribution is 0.344. The second kappa shape index (κ2) is 7.10. The summed E-state index contributed by atoms with van der Waals surface area (Å²) in [6.07, 6.45) is 11.6. The Hall–Kier alpha value is -1.31. The number of nitrogens with one attached hydrogen (secondary N) is 1. The Kier molecular flexibility index (Phi) is 5.08. The van der Waals surface area contributed by atoms with Gasteiger partial charge in [0.1, 0.15) is 0 Å². The maximum absolute atomic E-state index is 4.25. The fourth-order valence-corrected chi connectivity index (χ4v) is 2.48. The lowest BCUT2D eigenvalue weighted by Crippen LogP contribution is -2.06. The van der Waals surface area contributed by atoms with E-state index < -0.39 is 0 Å². The number of rotatable bonds is 5. The molecule has 0 aliphatic heterocycles. The zero-order valence-electron chi connectivity index (χ0n) is 10.4. The molecule has 0 atom stereocenters. The number of anilines is 1. The molecule has 2 heteroatoms. The zero-order chi connectivity index (χ0) is 11.8. The van der Waals surface area contributed by atoms with Gasteiger partial charge in [-0.1, -0.05) is 50.3 Å². The summed E-state index contributed by atoms with van der Waals surface area (Å²) in [5, 5.41) is 4.25. The van der Waals surface area contributed by atoms with E-state index in [2.05, 4.69) is 10.5 Å². The van der Waals surface area contributed by atoms with Crippen molar-refractivity contribution in [2.24, 2.45) is 11.0 Å². The van der Waals surface area contributed by atoms with Crippen LogP contribution in [0.15, 0.2) is 35.4 Å². The highest BCUT2D eigenvalue weighted by Crippen LogP contribution is 2.26. The van der Waals surface area contributed by atoms with E-state index in [-0.39, 0.29) is 0 Å². The molecular formula is C15H22N2. The molecule has 17 heavy (non-hydrogen) atoms. The van der Waals surface area contributed by atoms with E-state index in [9.17, 15) is 0 Å². The Morgan fingerprint density at radius 1 is 1.12 bits per heavy atom. The number of hydrazone groups is 1. The van der Waals surface area contributed by atoms with Crippen LogP contribution < -0.4 is 5.43 Å². The van der Waals surface area contributed by atoms with Gasteiger partial charge in [0, 0.05) is 6.21 Å². The molecule has 2 nitrogen and oxygen atoms in total. The summed E-state index contributed by atoms with van der Waals surface area (Å²) in [7, 11) is 0. The van der Waals surface area contributed by atoms with Crippen molar-refractivity contribution in [1.29, 1.82) is 0 Å². The lowest BCUT2D eigenvalue weighted by Gasteiger charge is -2.20. The highest BCUT2D eigenvalue weighted by molar-refractivity contribution is 5.59. The normalized spacial score (nSPS) is 17.4. The summed E-state index contributed by atoms with van der Waals surface area (Å²) < 4.78 is 0. The van der Waals surface area contributed by atoms with Crippen molar-refractivity contribution < 1.29 is 0 Å². The maximum Gasteiger partial charge on any atom is 0.0561 e. The van der Waals surface area contributed by atoms with Crippen LogP contribution >= 0.6 is 0 Å². The van der Waals surface area contributed by atoms with Gasteiger partial charge in [0.15, 0.2) is 0 Å². The average Bonchev–Trinajstić information content (AvgIpc) is 2.41. The first-order valence-corrected chi connectivity index (χ1v) is 6.78. The van der Waals surface area contributed by atoms with Crippen LogP contribution in [0.4, 0.5) is 5.69 Å². The Balaban J connectivity index is 1.61. The summed E-state index contributed by atoms with van der Waals surface area (Å²) in [6.45, 7) is 0. The smallest absolute Gasteiger partial charge is 0.0561 e. The predicted octanol–water partition coefficient (Wildman–Crippen LogP) is 4.44. The van der Waals surface area contributed by atoms with Crippen molar-refractivity contribution in [2.45, 2.75) is 44.9 Å². The van der Waals surface area contributed by atoms with Crippen LogP contribution in [0.25, 0.3) is 0 Å². The third kappa shape index (κ3) is 4.59. The molecule has 0 radical (unpaired) electrons. The minimum Gasteiger partial charge on any atom is -0.279 e. The van der Waals surface area contributed by atoms with Crippen molar-refractivity contribution in [3.8, 4) is 0 Å². The molecule has 1 aromatic carbocycles. The molecule has 1 aliphatic rings. The number of para-hydroxylation sites is 1. The van der Waals surface area contributed by atoms with Gasteiger partial charge in [0.25, 0.3) is 0 Å². The van der Waals surface area contributed by atoms with Gasteiger partial charge < -0.3 is 0 Å². The van der Waals surface area contributed by atoms with Crippen molar-refractivity contribution >= 4 is 11.9 Å². The van der Waals surface area contributed by atoms with E-state index in [4.69, 9.17) is 0 Å². The Labute approximate surface area is 104 Å². The summed E-state index contributed by atoms with van der Waals surface area (Å²) in [5.41, 5.74) is 4.11. The number of hydrogen-bond donors (Lipinski definition) is 1. The molecule has 0 saturated heterocycles. The van der Waals surface area contributed by atoms with Crippen LogP contribution in [0.5, 0.6) is 0 Å². The summed E-state index contributed by atoms with van der Waals surface area (Å²) >= 11 is 0. The molecular weight excluding hydrogens is 208 g/mol. The van der Waals surface area contributed by atoms with E-state index in [0.29, 0.717) is 0 Å². The minimum atomic E-state index is 0.951. The van der Waals surface area contributed by atoms with Crippen LogP contribution in [-0.4, -0.2) is 6.21 Å². The van der Waals surface area contributed by atoms with Gasteiger partial charge in [-0.05, 0) is 30.9 Å². The van der Waals surface area contributed by atoms with Crippen LogP contribution in [0, 0.1) is 5.92 Å².